The van der Waals surface area contributed by atoms with E-state index in [0.717, 1.165) is 0 Å². The molecule has 0 saturated carbocycles. The van der Waals surface area contributed by atoms with Crippen molar-refractivity contribution in [3.05, 3.63) is 46.2 Å². The normalized spacial score (nSPS) is 9.95. The molecule has 2 rings (SSSR count). The Balaban J connectivity index is 1.94. The van der Waals surface area contributed by atoms with Gasteiger partial charge in [0.25, 0.3) is 5.91 Å². The lowest BCUT2D eigenvalue weighted by Crippen LogP contribution is -2.22. The molecule has 0 aliphatic carbocycles. The van der Waals surface area contributed by atoms with Gasteiger partial charge in [0.1, 0.15) is 5.01 Å². The summed E-state index contributed by atoms with van der Waals surface area (Å²) in [6, 6.07) is 3.24. The highest BCUT2D eigenvalue weighted by Crippen LogP contribution is 2.10. The number of hydrogen-bond acceptors (Lipinski definition) is 6. The maximum absolute atomic E-state index is 11.8. The van der Waals surface area contributed by atoms with Gasteiger partial charge in [0.05, 0.1) is 13.7 Å². The summed E-state index contributed by atoms with van der Waals surface area (Å²) in [7, 11) is 1.30. The predicted molar refractivity (Wildman–Crippen MR) is 68.9 cm³/mol. The summed E-state index contributed by atoms with van der Waals surface area (Å²) in [6.45, 7) is 0.267. The van der Waals surface area contributed by atoms with Gasteiger partial charge in [-0.1, -0.05) is 0 Å². The van der Waals surface area contributed by atoms with E-state index in [1.165, 1.54) is 18.4 Å². The fourth-order valence-corrected chi connectivity index (χ4v) is 2.05. The maximum Gasteiger partial charge on any atom is 0.357 e. The molecule has 7 heteroatoms. The molecule has 2 heterocycles. The largest absolute Gasteiger partial charge is 0.464 e. The van der Waals surface area contributed by atoms with Crippen LogP contribution in [0.3, 0.4) is 0 Å². The second kappa shape index (κ2) is 6.05. The number of hydrogen-bond donors (Lipinski definition) is 1. The Morgan fingerprint density at radius 1 is 1.37 bits per heavy atom. The molecule has 0 aliphatic rings. The highest BCUT2D eigenvalue weighted by Gasteiger charge is 2.11. The number of aromatic nitrogens is 2. The number of nitrogens with zero attached hydrogens (tertiary/aromatic N) is 2. The number of pyridine rings is 1. The molecule has 98 valence electrons. The van der Waals surface area contributed by atoms with Crippen molar-refractivity contribution in [3.8, 4) is 0 Å². The van der Waals surface area contributed by atoms with Crippen LogP contribution in [0.1, 0.15) is 25.9 Å². The number of carbonyl (C=O) groups is 2. The van der Waals surface area contributed by atoms with Gasteiger partial charge in [-0.15, -0.1) is 11.3 Å². The Bertz CT molecular complexity index is 583. The summed E-state index contributed by atoms with van der Waals surface area (Å²) in [4.78, 5) is 30.9. The summed E-state index contributed by atoms with van der Waals surface area (Å²) < 4.78 is 4.56. The topological polar surface area (TPSA) is 81.2 Å². The van der Waals surface area contributed by atoms with Crippen LogP contribution < -0.4 is 5.32 Å². The van der Waals surface area contributed by atoms with Gasteiger partial charge in [-0.2, -0.15) is 0 Å². The first kappa shape index (κ1) is 13.2. The molecule has 1 amide bonds. The molecule has 0 saturated heterocycles. The second-order valence-electron chi connectivity index (χ2n) is 3.54. The quantitative estimate of drug-likeness (QED) is 0.851. The molecule has 0 aliphatic heterocycles. The third-order valence-corrected chi connectivity index (χ3v) is 3.14. The zero-order valence-corrected chi connectivity index (χ0v) is 10.9. The molecule has 1 N–H and O–H groups in total. The van der Waals surface area contributed by atoms with E-state index in [2.05, 4.69) is 20.0 Å². The lowest BCUT2D eigenvalue weighted by molar-refractivity contribution is 0.0594. The van der Waals surface area contributed by atoms with Crippen LogP contribution in [-0.2, 0) is 11.3 Å². The average molecular weight is 277 g/mol. The van der Waals surface area contributed by atoms with Crippen LogP contribution in [0.5, 0.6) is 0 Å². The molecule has 19 heavy (non-hydrogen) atoms. The summed E-state index contributed by atoms with van der Waals surface area (Å²) >= 11 is 1.29. The Labute approximate surface area is 113 Å². The van der Waals surface area contributed by atoms with Crippen LogP contribution >= 0.6 is 11.3 Å². The van der Waals surface area contributed by atoms with E-state index >= 15 is 0 Å². The van der Waals surface area contributed by atoms with Gasteiger partial charge in [0.2, 0.25) is 0 Å². The molecular formula is C12H11N3O3S. The van der Waals surface area contributed by atoms with Crippen LogP contribution in [0.4, 0.5) is 0 Å². The summed E-state index contributed by atoms with van der Waals surface area (Å²) in [6.07, 6.45) is 3.10. The Morgan fingerprint density at radius 3 is 2.79 bits per heavy atom. The van der Waals surface area contributed by atoms with Crippen molar-refractivity contribution in [2.75, 3.05) is 7.11 Å². The standard InChI is InChI=1S/C12H11N3O3S/c1-18-12(17)9-7-19-10(15-9)6-14-11(16)8-2-4-13-5-3-8/h2-5,7H,6H2,1H3,(H,14,16). The lowest BCUT2D eigenvalue weighted by atomic mass is 10.2. The average Bonchev–Trinajstić information content (AvgIpc) is 2.93. The molecular weight excluding hydrogens is 266 g/mol. The maximum atomic E-state index is 11.8. The second-order valence-corrected chi connectivity index (χ2v) is 4.48. The molecule has 0 bridgehead atoms. The Kier molecular flexibility index (Phi) is 4.19. The van der Waals surface area contributed by atoms with Crippen molar-refractivity contribution in [3.63, 3.8) is 0 Å². The van der Waals surface area contributed by atoms with Crippen molar-refractivity contribution in [2.45, 2.75) is 6.54 Å². The van der Waals surface area contributed by atoms with E-state index < -0.39 is 5.97 Å². The predicted octanol–water partition coefficient (Wildman–Crippen LogP) is 1.25. The number of amides is 1. The fraction of sp³-hybridized carbons (Fsp3) is 0.167. The van der Waals surface area contributed by atoms with Crippen molar-refractivity contribution < 1.29 is 14.3 Å². The fourth-order valence-electron chi connectivity index (χ4n) is 1.35. The molecule has 0 aromatic carbocycles. The molecule has 6 nitrogen and oxygen atoms in total. The van der Waals surface area contributed by atoms with E-state index in [-0.39, 0.29) is 18.1 Å². The number of nitrogens with one attached hydrogen (secondary N) is 1. The van der Waals surface area contributed by atoms with Gasteiger partial charge in [0, 0.05) is 23.3 Å². The number of thiazole rings is 1. The number of esters is 1. The van der Waals surface area contributed by atoms with Crippen LogP contribution in [0.2, 0.25) is 0 Å². The van der Waals surface area contributed by atoms with Gasteiger partial charge in [-0.25, -0.2) is 9.78 Å². The van der Waals surface area contributed by atoms with Crippen LogP contribution in [-0.4, -0.2) is 29.0 Å². The smallest absolute Gasteiger partial charge is 0.357 e. The molecule has 0 atom stereocenters. The third kappa shape index (κ3) is 3.35. The zero-order valence-electron chi connectivity index (χ0n) is 10.1. The third-order valence-electron chi connectivity index (χ3n) is 2.29. The molecule has 2 aromatic rings. The van der Waals surface area contributed by atoms with E-state index in [1.807, 2.05) is 0 Å². The van der Waals surface area contributed by atoms with Crippen molar-refractivity contribution >= 4 is 23.2 Å². The van der Waals surface area contributed by atoms with Gasteiger partial charge in [-0.3, -0.25) is 9.78 Å². The van der Waals surface area contributed by atoms with E-state index in [0.29, 0.717) is 10.6 Å². The summed E-state index contributed by atoms with van der Waals surface area (Å²) in [5.41, 5.74) is 0.778. The Morgan fingerprint density at radius 2 is 2.11 bits per heavy atom. The van der Waals surface area contributed by atoms with E-state index in [9.17, 15) is 9.59 Å². The van der Waals surface area contributed by atoms with Crippen molar-refractivity contribution in [1.82, 2.24) is 15.3 Å². The summed E-state index contributed by atoms with van der Waals surface area (Å²) in [5.74, 6) is -0.694. The first-order valence-electron chi connectivity index (χ1n) is 5.41. The molecule has 0 radical (unpaired) electrons. The number of carbonyl (C=O) groups excluding carboxylic acids is 2. The van der Waals surface area contributed by atoms with Gasteiger partial charge < -0.3 is 10.1 Å². The monoisotopic (exact) mass is 277 g/mol. The van der Waals surface area contributed by atoms with E-state index in [4.69, 9.17) is 0 Å². The number of ether oxygens (including phenoxy) is 1. The van der Waals surface area contributed by atoms with Crippen molar-refractivity contribution in [1.29, 1.82) is 0 Å². The molecule has 0 spiro atoms. The van der Waals surface area contributed by atoms with Crippen molar-refractivity contribution in [2.24, 2.45) is 0 Å². The number of methoxy groups -OCH3 is 1. The molecule has 0 fully saturated rings. The summed E-state index contributed by atoms with van der Waals surface area (Å²) in [5, 5.41) is 4.95. The number of rotatable bonds is 4. The first-order chi connectivity index (χ1) is 9.20. The van der Waals surface area contributed by atoms with Gasteiger partial charge in [0.15, 0.2) is 5.69 Å². The van der Waals surface area contributed by atoms with Crippen LogP contribution in [0, 0.1) is 0 Å². The molecule has 2 aromatic heterocycles. The van der Waals surface area contributed by atoms with E-state index in [1.54, 1.807) is 29.9 Å². The minimum Gasteiger partial charge on any atom is -0.464 e. The van der Waals surface area contributed by atoms with Gasteiger partial charge in [-0.05, 0) is 12.1 Å². The molecule has 0 unspecified atom stereocenters. The van der Waals surface area contributed by atoms with Crippen LogP contribution in [0.25, 0.3) is 0 Å². The minimum absolute atomic E-state index is 0.211. The van der Waals surface area contributed by atoms with Gasteiger partial charge >= 0.3 is 5.97 Å². The SMILES string of the molecule is COC(=O)c1csc(CNC(=O)c2ccncc2)n1. The highest BCUT2D eigenvalue weighted by atomic mass is 32.1. The highest BCUT2D eigenvalue weighted by molar-refractivity contribution is 7.09. The lowest BCUT2D eigenvalue weighted by Gasteiger charge is -2.02. The first-order valence-corrected chi connectivity index (χ1v) is 6.29. The van der Waals surface area contributed by atoms with Crippen LogP contribution in [0.15, 0.2) is 29.9 Å². The Hall–Kier alpha value is -2.28. The minimum atomic E-state index is -0.483. The zero-order chi connectivity index (χ0) is 13.7.